The van der Waals surface area contributed by atoms with Crippen molar-refractivity contribution >= 4 is 11.9 Å². The molecule has 94 valence electrons. The lowest BCUT2D eigenvalue weighted by Gasteiger charge is -2.03. The van der Waals surface area contributed by atoms with Crippen molar-refractivity contribution in [2.24, 2.45) is 5.28 Å². The molecule has 0 aliphatic heterocycles. The summed E-state index contributed by atoms with van der Waals surface area (Å²) in [7, 11) is 0. The van der Waals surface area contributed by atoms with E-state index in [0.29, 0.717) is 12.1 Å². The summed E-state index contributed by atoms with van der Waals surface area (Å²) in [6.07, 6.45) is 0. The van der Waals surface area contributed by atoms with Crippen molar-refractivity contribution in [3.8, 4) is 0 Å². The van der Waals surface area contributed by atoms with Gasteiger partial charge in [-0.3, -0.25) is 0 Å². The molecule has 0 aliphatic carbocycles. The van der Waals surface area contributed by atoms with Gasteiger partial charge in [0, 0.05) is 4.91 Å². The lowest BCUT2D eigenvalue weighted by atomic mass is 10.1. The first kappa shape index (κ1) is 13.2. The molecule has 0 bridgehead atoms. The van der Waals surface area contributed by atoms with Crippen molar-refractivity contribution in [1.82, 2.24) is 0 Å². The Morgan fingerprint density at radius 1 is 1.28 bits per heavy atom. The van der Waals surface area contributed by atoms with Crippen LogP contribution in [-0.4, -0.2) is 17.0 Å². The van der Waals surface area contributed by atoms with E-state index >= 15 is 0 Å². The predicted molar refractivity (Wildman–Crippen MR) is 49.0 cm³/mol. The molecule has 0 amide bonds. The fraction of sp³-hybridized carbons (Fsp3) is 0. The molecular weight excluding hydrogens is 256 g/mol. The van der Waals surface area contributed by atoms with Crippen molar-refractivity contribution in [1.29, 1.82) is 0 Å². The van der Waals surface area contributed by atoms with Gasteiger partial charge in [-0.2, -0.15) is 0 Å². The van der Waals surface area contributed by atoms with Crippen LogP contribution in [0.2, 0.25) is 0 Å². The van der Waals surface area contributed by atoms with Crippen molar-refractivity contribution < 1.29 is 33.4 Å². The minimum atomic E-state index is -1.72. The first-order chi connectivity index (χ1) is 8.49. The Hall–Kier alpha value is -2.87. The van der Waals surface area contributed by atoms with E-state index < -0.39 is 34.7 Å². The number of nitrogens with zero attached hydrogens (tertiary/aromatic N) is 3. The Balaban J connectivity index is 3.05. The normalized spacial score (nSPS) is 9.22. The van der Waals surface area contributed by atoms with Crippen LogP contribution in [0.3, 0.4) is 0 Å². The van der Waals surface area contributed by atoms with Gasteiger partial charge in [0.1, 0.15) is 5.56 Å². The lowest BCUT2D eigenvalue weighted by Crippen LogP contribution is -2.11. The Bertz CT molecular complexity index is 556. The highest BCUT2D eigenvalue weighted by atomic mass is 19.2. The van der Waals surface area contributed by atoms with Crippen molar-refractivity contribution in [3.63, 3.8) is 0 Å². The van der Waals surface area contributed by atoms with E-state index in [1.165, 1.54) is 0 Å². The van der Waals surface area contributed by atoms with Crippen LogP contribution in [0.1, 0.15) is 20.7 Å². The molecular formula is C8H3F2N3O5. The third kappa shape index (κ3) is 2.62. The Labute approximate surface area is 96.9 Å². The van der Waals surface area contributed by atoms with Crippen LogP contribution in [0.4, 0.5) is 8.78 Å². The summed E-state index contributed by atoms with van der Waals surface area (Å²) in [5.74, 6) is -6.63. The summed E-state index contributed by atoms with van der Waals surface area (Å²) < 4.78 is 26.5. The van der Waals surface area contributed by atoms with Crippen molar-refractivity contribution in [2.45, 2.75) is 0 Å². The molecule has 18 heavy (non-hydrogen) atoms. The molecule has 0 heterocycles. The van der Waals surface area contributed by atoms with E-state index in [-0.39, 0.29) is 0 Å². The van der Waals surface area contributed by atoms with E-state index in [0.717, 1.165) is 0 Å². The van der Waals surface area contributed by atoms with Crippen molar-refractivity contribution in [3.05, 3.63) is 45.3 Å². The zero-order valence-corrected chi connectivity index (χ0v) is 8.33. The molecule has 0 spiro atoms. The number of hydrogen-bond donors (Lipinski definition) is 1. The molecule has 0 fully saturated rings. The van der Waals surface area contributed by atoms with Gasteiger partial charge in [-0.05, 0) is 17.7 Å². The SMILES string of the molecule is [N-]=[N+]=NOOC(=O)c1ccc(C(=O)O)c(F)c1F. The summed E-state index contributed by atoms with van der Waals surface area (Å²) in [6, 6.07) is 1.36. The lowest BCUT2D eigenvalue weighted by molar-refractivity contribution is -0.244. The molecule has 1 aromatic rings. The smallest absolute Gasteiger partial charge is 0.389 e. The van der Waals surface area contributed by atoms with Crippen molar-refractivity contribution in [2.75, 3.05) is 0 Å². The van der Waals surface area contributed by atoms with E-state index in [2.05, 4.69) is 20.1 Å². The molecule has 1 aromatic carbocycles. The van der Waals surface area contributed by atoms with Crippen LogP contribution in [-0.2, 0) is 9.88 Å². The maximum atomic E-state index is 13.3. The minimum absolute atomic E-state index is 0.672. The monoisotopic (exact) mass is 259 g/mol. The third-order valence-corrected chi connectivity index (χ3v) is 1.72. The number of rotatable bonds is 4. The summed E-state index contributed by atoms with van der Waals surface area (Å²) in [5.41, 5.74) is 5.93. The van der Waals surface area contributed by atoms with Gasteiger partial charge in [0.15, 0.2) is 16.9 Å². The molecule has 10 heteroatoms. The van der Waals surface area contributed by atoms with E-state index in [1.54, 1.807) is 0 Å². The van der Waals surface area contributed by atoms with E-state index in [1.807, 2.05) is 0 Å². The number of halogens is 2. The molecule has 0 aromatic heterocycles. The van der Waals surface area contributed by atoms with Crippen LogP contribution in [0.25, 0.3) is 10.4 Å². The molecule has 1 rings (SSSR count). The zero-order valence-electron chi connectivity index (χ0n) is 8.33. The molecule has 0 atom stereocenters. The quantitative estimate of drug-likeness (QED) is 0.291. The van der Waals surface area contributed by atoms with Gasteiger partial charge in [-0.15, -0.1) is 0 Å². The van der Waals surface area contributed by atoms with Gasteiger partial charge < -0.3 is 5.11 Å². The highest BCUT2D eigenvalue weighted by molar-refractivity contribution is 5.92. The van der Waals surface area contributed by atoms with Gasteiger partial charge >= 0.3 is 11.9 Å². The Morgan fingerprint density at radius 3 is 2.39 bits per heavy atom. The van der Waals surface area contributed by atoms with Crippen LogP contribution >= 0.6 is 0 Å². The standard InChI is InChI=1S/C8H3F2N3O5/c9-5-3(7(14)15)1-2-4(6(5)10)8(16)17-18-13-12-11/h1-2H,(H,14,15). The molecule has 1 N–H and O–H groups in total. The molecule has 0 saturated heterocycles. The maximum absolute atomic E-state index is 13.3. The van der Waals surface area contributed by atoms with Gasteiger partial charge in [0.25, 0.3) is 0 Å². The van der Waals surface area contributed by atoms with E-state index in [4.69, 9.17) is 10.6 Å². The number of carbonyl (C=O) groups is 2. The zero-order chi connectivity index (χ0) is 13.7. The number of hydrogen-bond acceptors (Lipinski definition) is 5. The summed E-state index contributed by atoms with van der Waals surface area (Å²) in [5, 5.41) is 10.9. The van der Waals surface area contributed by atoms with Gasteiger partial charge in [-0.25, -0.2) is 28.2 Å². The molecule has 8 nitrogen and oxygen atoms in total. The molecule has 0 saturated carbocycles. The summed E-state index contributed by atoms with van der Waals surface area (Å²) >= 11 is 0. The highest BCUT2D eigenvalue weighted by Gasteiger charge is 2.23. The first-order valence-corrected chi connectivity index (χ1v) is 4.12. The number of aromatic carboxylic acids is 1. The largest absolute Gasteiger partial charge is 0.478 e. The van der Waals surface area contributed by atoms with Gasteiger partial charge in [0.2, 0.25) is 0 Å². The number of azide groups is 1. The number of carbonyl (C=O) groups excluding carboxylic acids is 1. The fourth-order valence-corrected chi connectivity index (χ4v) is 0.983. The third-order valence-electron chi connectivity index (χ3n) is 1.72. The number of benzene rings is 1. The number of carboxylic acids is 1. The second-order valence-corrected chi connectivity index (χ2v) is 2.71. The van der Waals surface area contributed by atoms with Crippen LogP contribution < -0.4 is 0 Å². The second kappa shape index (κ2) is 5.46. The molecule has 0 unspecified atom stereocenters. The maximum Gasteiger partial charge on any atom is 0.389 e. The fourth-order valence-electron chi connectivity index (χ4n) is 0.983. The average Bonchev–Trinajstić information content (AvgIpc) is 2.32. The predicted octanol–water partition coefficient (Wildman–Crippen LogP) is 1.98. The topological polar surface area (TPSA) is 122 Å². The molecule has 0 radical (unpaired) electrons. The second-order valence-electron chi connectivity index (χ2n) is 2.71. The van der Waals surface area contributed by atoms with Crippen LogP contribution in [0, 0.1) is 11.6 Å². The molecule has 0 aliphatic rings. The van der Waals surface area contributed by atoms with Crippen LogP contribution in [0.5, 0.6) is 0 Å². The minimum Gasteiger partial charge on any atom is -0.478 e. The average molecular weight is 259 g/mol. The highest BCUT2D eigenvalue weighted by Crippen LogP contribution is 2.17. The van der Waals surface area contributed by atoms with Crippen LogP contribution in [0.15, 0.2) is 17.4 Å². The Morgan fingerprint density at radius 2 is 1.83 bits per heavy atom. The Kier molecular flexibility index (Phi) is 4.00. The summed E-state index contributed by atoms with van der Waals surface area (Å²) in [4.78, 5) is 31.0. The van der Waals surface area contributed by atoms with E-state index in [9.17, 15) is 18.4 Å². The number of carboxylic acid groups (broad SMARTS) is 1. The van der Waals surface area contributed by atoms with Gasteiger partial charge in [-0.1, -0.05) is 0 Å². The van der Waals surface area contributed by atoms with Gasteiger partial charge in [0.05, 0.1) is 5.56 Å². The first-order valence-electron chi connectivity index (χ1n) is 4.12. The summed E-state index contributed by atoms with van der Waals surface area (Å²) in [6.45, 7) is 0.